The van der Waals surface area contributed by atoms with Crippen LogP contribution in [-0.4, -0.2) is 12.6 Å². The Morgan fingerprint density at radius 3 is 3.10 bits per heavy atom. The molecule has 1 heterocycles. The van der Waals surface area contributed by atoms with Gasteiger partial charge in [0.15, 0.2) is 0 Å². The molecule has 0 aromatic heterocycles. The zero-order valence-corrected chi connectivity index (χ0v) is 6.77. The van der Waals surface area contributed by atoms with Crippen LogP contribution in [0.25, 0.3) is 0 Å². The number of rotatable bonds is 2. The first-order valence-corrected chi connectivity index (χ1v) is 4.17. The molecule has 1 nitrogen and oxygen atoms in total. The fourth-order valence-corrected chi connectivity index (χ4v) is 1.60. The van der Waals surface area contributed by atoms with Crippen molar-refractivity contribution in [3.05, 3.63) is 12.7 Å². The molecule has 1 N–H and O–H groups in total. The van der Waals surface area contributed by atoms with Crippen LogP contribution in [0.1, 0.15) is 26.2 Å². The topological polar surface area (TPSA) is 12.0 Å². The SMILES string of the molecule is C=CCC1CC(C)CCN1. The van der Waals surface area contributed by atoms with Gasteiger partial charge in [-0.1, -0.05) is 13.0 Å². The van der Waals surface area contributed by atoms with Crippen molar-refractivity contribution in [1.82, 2.24) is 5.32 Å². The molecule has 1 fully saturated rings. The normalized spacial score (nSPS) is 33.7. The minimum absolute atomic E-state index is 0.709. The molecule has 1 heteroatoms. The molecular weight excluding hydrogens is 122 g/mol. The average molecular weight is 139 g/mol. The molecule has 0 aliphatic carbocycles. The van der Waals surface area contributed by atoms with Crippen LogP contribution in [-0.2, 0) is 0 Å². The minimum atomic E-state index is 0.709. The van der Waals surface area contributed by atoms with Crippen LogP contribution in [0, 0.1) is 5.92 Å². The van der Waals surface area contributed by atoms with Gasteiger partial charge in [-0.15, -0.1) is 6.58 Å². The molecule has 0 saturated carbocycles. The Morgan fingerprint density at radius 2 is 2.50 bits per heavy atom. The van der Waals surface area contributed by atoms with Gasteiger partial charge in [0.1, 0.15) is 0 Å². The third kappa shape index (κ3) is 2.14. The second kappa shape index (κ2) is 3.77. The van der Waals surface area contributed by atoms with E-state index in [2.05, 4.69) is 18.8 Å². The second-order valence-corrected chi connectivity index (χ2v) is 3.30. The molecule has 0 amide bonds. The van der Waals surface area contributed by atoms with Gasteiger partial charge >= 0.3 is 0 Å². The van der Waals surface area contributed by atoms with E-state index in [-0.39, 0.29) is 0 Å². The molecular formula is C9H17N. The van der Waals surface area contributed by atoms with Crippen molar-refractivity contribution in [1.29, 1.82) is 0 Å². The summed E-state index contributed by atoms with van der Waals surface area (Å²) in [6.45, 7) is 7.26. The maximum atomic E-state index is 3.74. The Balaban J connectivity index is 2.24. The highest BCUT2D eigenvalue weighted by Gasteiger charge is 2.15. The summed E-state index contributed by atoms with van der Waals surface area (Å²) in [5, 5.41) is 3.48. The largest absolute Gasteiger partial charge is 0.314 e. The number of hydrogen-bond donors (Lipinski definition) is 1. The molecule has 0 radical (unpaired) electrons. The summed E-state index contributed by atoms with van der Waals surface area (Å²) in [4.78, 5) is 0. The van der Waals surface area contributed by atoms with E-state index in [9.17, 15) is 0 Å². The summed E-state index contributed by atoms with van der Waals surface area (Å²) in [7, 11) is 0. The molecule has 58 valence electrons. The Bertz CT molecular complexity index is 109. The van der Waals surface area contributed by atoms with Gasteiger partial charge in [0, 0.05) is 6.04 Å². The lowest BCUT2D eigenvalue weighted by molar-refractivity contribution is 0.321. The molecule has 1 aliphatic heterocycles. The number of nitrogens with one attached hydrogen (secondary N) is 1. The predicted octanol–water partition coefficient (Wildman–Crippen LogP) is 1.95. The van der Waals surface area contributed by atoms with Crippen LogP contribution in [0.15, 0.2) is 12.7 Å². The highest BCUT2D eigenvalue weighted by molar-refractivity contribution is 4.82. The lowest BCUT2D eigenvalue weighted by Gasteiger charge is -2.27. The Kier molecular flexibility index (Phi) is 2.94. The predicted molar refractivity (Wildman–Crippen MR) is 45.0 cm³/mol. The Labute approximate surface area is 63.5 Å². The molecule has 10 heavy (non-hydrogen) atoms. The first kappa shape index (κ1) is 7.80. The van der Waals surface area contributed by atoms with Crippen molar-refractivity contribution in [2.45, 2.75) is 32.2 Å². The Morgan fingerprint density at radius 1 is 1.70 bits per heavy atom. The average Bonchev–Trinajstić information content (AvgIpc) is 1.88. The van der Waals surface area contributed by atoms with Crippen LogP contribution in [0.3, 0.4) is 0 Å². The van der Waals surface area contributed by atoms with Crippen molar-refractivity contribution >= 4 is 0 Å². The first-order chi connectivity index (χ1) is 4.83. The molecule has 0 spiro atoms. The molecule has 0 aromatic rings. The standard InChI is InChI=1S/C9H17N/c1-3-4-9-7-8(2)5-6-10-9/h3,8-10H,1,4-7H2,2H3. The first-order valence-electron chi connectivity index (χ1n) is 4.17. The van der Waals surface area contributed by atoms with E-state index in [4.69, 9.17) is 0 Å². The van der Waals surface area contributed by atoms with Gasteiger partial charge in [-0.05, 0) is 31.7 Å². The van der Waals surface area contributed by atoms with Crippen molar-refractivity contribution in [3.8, 4) is 0 Å². The van der Waals surface area contributed by atoms with Crippen LogP contribution >= 0.6 is 0 Å². The van der Waals surface area contributed by atoms with E-state index in [0.29, 0.717) is 6.04 Å². The molecule has 1 aliphatic rings. The maximum Gasteiger partial charge on any atom is 0.0104 e. The van der Waals surface area contributed by atoms with E-state index in [1.54, 1.807) is 0 Å². The van der Waals surface area contributed by atoms with Crippen LogP contribution in [0.4, 0.5) is 0 Å². The molecule has 1 saturated heterocycles. The van der Waals surface area contributed by atoms with Crippen LogP contribution in [0.5, 0.6) is 0 Å². The van der Waals surface area contributed by atoms with Gasteiger partial charge in [-0.25, -0.2) is 0 Å². The molecule has 2 atom stereocenters. The second-order valence-electron chi connectivity index (χ2n) is 3.30. The minimum Gasteiger partial charge on any atom is -0.314 e. The van der Waals surface area contributed by atoms with Gasteiger partial charge < -0.3 is 5.32 Å². The van der Waals surface area contributed by atoms with E-state index in [0.717, 1.165) is 12.3 Å². The summed E-state index contributed by atoms with van der Waals surface area (Å²) < 4.78 is 0. The molecule has 0 bridgehead atoms. The zero-order chi connectivity index (χ0) is 7.40. The van der Waals surface area contributed by atoms with Crippen LogP contribution < -0.4 is 5.32 Å². The van der Waals surface area contributed by atoms with E-state index in [1.807, 2.05) is 6.08 Å². The lowest BCUT2D eigenvalue weighted by Crippen LogP contribution is -2.36. The quantitative estimate of drug-likeness (QED) is 0.577. The van der Waals surface area contributed by atoms with E-state index in [1.165, 1.54) is 19.4 Å². The van der Waals surface area contributed by atoms with E-state index >= 15 is 0 Å². The summed E-state index contributed by atoms with van der Waals surface area (Å²) in [5.41, 5.74) is 0. The summed E-state index contributed by atoms with van der Waals surface area (Å²) >= 11 is 0. The smallest absolute Gasteiger partial charge is 0.0104 e. The fraction of sp³-hybridized carbons (Fsp3) is 0.778. The molecule has 2 unspecified atom stereocenters. The number of hydrogen-bond acceptors (Lipinski definition) is 1. The monoisotopic (exact) mass is 139 g/mol. The van der Waals surface area contributed by atoms with Crippen molar-refractivity contribution in [2.24, 2.45) is 5.92 Å². The number of piperidine rings is 1. The summed E-state index contributed by atoms with van der Waals surface area (Å²) in [6.07, 6.45) is 5.81. The fourth-order valence-electron chi connectivity index (χ4n) is 1.60. The van der Waals surface area contributed by atoms with E-state index < -0.39 is 0 Å². The van der Waals surface area contributed by atoms with Gasteiger partial charge in [0.25, 0.3) is 0 Å². The van der Waals surface area contributed by atoms with Crippen molar-refractivity contribution in [2.75, 3.05) is 6.54 Å². The van der Waals surface area contributed by atoms with Crippen molar-refractivity contribution < 1.29 is 0 Å². The summed E-state index contributed by atoms with van der Waals surface area (Å²) in [6, 6.07) is 0.709. The van der Waals surface area contributed by atoms with Crippen molar-refractivity contribution in [3.63, 3.8) is 0 Å². The molecule has 1 rings (SSSR count). The van der Waals surface area contributed by atoms with Gasteiger partial charge in [-0.2, -0.15) is 0 Å². The maximum absolute atomic E-state index is 3.74. The third-order valence-corrected chi connectivity index (χ3v) is 2.21. The summed E-state index contributed by atoms with van der Waals surface area (Å²) in [5.74, 6) is 0.909. The molecule has 0 aromatic carbocycles. The van der Waals surface area contributed by atoms with Gasteiger partial charge in [0.2, 0.25) is 0 Å². The zero-order valence-electron chi connectivity index (χ0n) is 6.77. The van der Waals surface area contributed by atoms with Gasteiger partial charge in [0.05, 0.1) is 0 Å². The third-order valence-electron chi connectivity index (χ3n) is 2.21. The highest BCUT2D eigenvalue weighted by Crippen LogP contribution is 2.16. The Hall–Kier alpha value is -0.300. The van der Waals surface area contributed by atoms with Gasteiger partial charge in [-0.3, -0.25) is 0 Å². The van der Waals surface area contributed by atoms with Crippen LogP contribution in [0.2, 0.25) is 0 Å². The highest BCUT2D eigenvalue weighted by atomic mass is 14.9. The lowest BCUT2D eigenvalue weighted by atomic mass is 9.93.